The van der Waals surface area contributed by atoms with Crippen LogP contribution in [0.2, 0.25) is 0 Å². The third-order valence-electron chi connectivity index (χ3n) is 3.65. The Bertz CT molecular complexity index is 901. The number of carbonyl (C=O) groups is 6. The Balaban J connectivity index is 2.52. The van der Waals surface area contributed by atoms with Crippen LogP contribution in [0, 0.1) is 0 Å². The summed E-state index contributed by atoms with van der Waals surface area (Å²) in [5.41, 5.74) is -4.06. The zero-order chi connectivity index (χ0) is 18.5. The quantitative estimate of drug-likeness (QED) is 0.381. The zero-order valence-electron chi connectivity index (χ0n) is 12.1. The number of ketones is 2. The van der Waals surface area contributed by atoms with E-state index in [1.54, 1.807) is 0 Å². The van der Waals surface area contributed by atoms with Crippen molar-refractivity contribution in [2.24, 2.45) is 0 Å². The van der Waals surface area contributed by atoms with Gasteiger partial charge in [-0.15, -0.1) is 0 Å². The van der Waals surface area contributed by atoms with Crippen LogP contribution >= 0.6 is 0 Å². The minimum absolute atomic E-state index is 0.299. The summed E-state index contributed by atoms with van der Waals surface area (Å²) in [6.45, 7) is 0. The van der Waals surface area contributed by atoms with Gasteiger partial charge in [-0.1, -0.05) is 0 Å². The van der Waals surface area contributed by atoms with Crippen molar-refractivity contribution in [3.05, 3.63) is 57.7 Å². The van der Waals surface area contributed by atoms with Crippen LogP contribution in [-0.4, -0.2) is 45.7 Å². The molecule has 3 rings (SSSR count). The Morgan fingerprint density at radius 3 is 1.36 bits per heavy atom. The molecule has 0 amide bonds. The number of allylic oxidation sites excluding steroid dienone is 4. The van der Waals surface area contributed by atoms with Gasteiger partial charge in [-0.25, -0.2) is 19.2 Å². The lowest BCUT2D eigenvalue weighted by Crippen LogP contribution is -2.26. The predicted octanol–water partition coefficient (Wildman–Crippen LogP) is -0.593. The maximum atomic E-state index is 12.1. The number of aliphatic carboxylic acids is 2. The van der Waals surface area contributed by atoms with Crippen molar-refractivity contribution in [1.29, 1.82) is 0 Å². The number of rotatable bonds is 2. The molecule has 4 bridgehead atoms. The van der Waals surface area contributed by atoms with Crippen LogP contribution < -0.4 is 0 Å². The molecule has 0 aromatic carbocycles. The van der Waals surface area contributed by atoms with Crippen molar-refractivity contribution in [2.45, 2.75) is 0 Å². The van der Waals surface area contributed by atoms with E-state index in [0.29, 0.717) is 0 Å². The molecule has 0 spiro atoms. The molecule has 1 aliphatic heterocycles. The van der Waals surface area contributed by atoms with E-state index in [0.717, 1.165) is 24.3 Å². The fraction of sp³-hybridized carbons (Fsp3) is 0. The first-order valence-electron chi connectivity index (χ1n) is 6.65. The first kappa shape index (κ1) is 16.0. The Morgan fingerprint density at radius 2 is 1.04 bits per heavy atom. The normalized spacial score (nSPS) is 19.7. The summed E-state index contributed by atoms with van der Waals surface area (Å²) < 4.78 is 4.39. The summed E-state index contributed by atoms with van der Waals surface area (Å²) in [6.07, 6.45) is 3.72. The fourth-order valence-corrected chi connectivity index (χ4v) is 2.65. The highest BCUT2D eigenvalue weighted by Gasteiger charge is 2.41. The number of esters is 2. The lowest BCUT2D eigenvalue weighted by Gasteiger charge is -2.17. The number of fused-ring (bicyclic) bond motifs is 2. The van der Waals surface area contributed by atoms with Gasteiger partial charge in [0.25, 0.3) is 0 Å². The average molecular weight is 342 g/mol. The van der Waals surface area contributed by atoms with Crippen molar-refractivity contribution in [3.8, 4) is 0 Å². The predicted molar refractivity (Wildman–Crippen MR) is 75.7 cm³/mol. The summed E-state index contributed by atoms with van der Waals surface area (Å²) >= 11 is 0. The molecular formula is C16H6O9. The van der Waals surface area contributed by atoms with Gasteiger partial charge in [-0.2, -0.15) is 0 Å². The van der Waals surface area contributed by atoms with E-state index in [9.17, 15) is 39.0 Å². The third kappa shape index (κ3) is 2.26. The molecule has 3 aliphatic rings. The molecule has 124 valence electrons. The van der Waals surface area contributed by atoms with E-state index < -0.39 is 57.7 Å². The van der Waals surface area contributed by atoms with E-state index in [2.05, 4.69) is 4.74 Å². The van der Waals surface area contributed by atoms with Crippen LogP contribution in [0.3, 0.4) is 0 Å². The summed E-state index contributed by atoms with van der Waals surface area (Å²) in [6, 6.07) is 0. The Labute approximate surface area is 137 Å². The molecule has 0 radical (unpaired) electrons. The number of carboxylic acids is 2. The van der Waals surface area contributed by atoms with E-state index in [4.69, 9.17) is 0 Å². The summed E-state index contributed by atoms with van der Waals surface area (Å²) in [4.78, 5) is 71.2. The standard InChI is InChI=1S/C16H6O9/c17-7-3-1-5-6-2-4-8(18)12(10(6)14(21)22)16(24)25-15(23)11(7)9(5)13(19)20/h1-4H,(H,19,20)(H,21,22). The summed E-state index contributed by atoms with van der Waals surface area (Å²) in [5.74, 6) is -8.59. The highest BCUT2D eigenvalue weighted by Crippen LogP contribution is 2.35. The lowest BCUT2D eigenvalue weighted by molar-refractivity contribution is -0.155. The lowest BCUT2D eigenvalue weighted by atomic mass is 9.83. The second-order valence-corrected chi connectivity index (χ2v) is 5.01. The topological polar surface area (TPSA) is 152 Å². The van der Waals surface area contributed by atoms with Crippen molar-refractivity contribution in [2.75, 3.05) is 0 Å². The highest BCUT2D eigenvalue weighted by atomic mass is 16.6. The number of hydrogen-bond donors (Lipinski definition) is 2. The second-order valence-electron chi connectivity index (χ2n) is 5.01. The number of cyclic esters (lactones) is 2. The van der Waals surface area contributed by atoms with Crippen LogP contribution in [0.1, 0.15) is 0 Å². The molecule has 0 saturated carbocycles. The number of ether oxygens (including phenoxy) is 1. The molecule has 0 aromatic heterocycles. The smallest absolute Gasteiger partial charge is 0.350 e. The van der Waals surface area contributed by atoms with E-state index in [1.165, 1.54) is 0 Å². The van der Waals surface area contributed by atoms with Gasteiger partial charge in [0, 0.05) is 0 Å². The van der Waals surface area contributed by atoms with Gasteiger partial charge >= 0.3 is 23.9 Å². The maximum Gasteiger partial charge on any atom is 0.350 e. The molecule has 0 unspecified atom stereocenters. The number of carboxylic acid groups (broad SMARTS) is 2. The monoisotopic (exact) mass is 342 g/mol. The molecule has 0 fully saturated rings. The van der Waals surface area contributed by atoms with Crippen molar-refractivity contribution < 1.29 is 43.7 Å². The highest BCUT2D eigenvalue weighted by molar-refractivity contribution is 6.34. The van der Waals surface area contributed by atoms with Crippen molar-refractivity contribution >= 4 is 35.4 Å². The van der Waals surface area contributed by atoms with Crippen LogP contribution in [0.5, 0.6) is 0 Å². The van der Waals surface area contributed by atoms with Crippen LogP contribution in [-0.2, 0) is 33.5 Å². The number of hydrogen-bond acceptors (Lipinski definition) is 7. The largest absolute Gasteiger partial charge is 0.478 e. The fourth-order valence-electron chi connectivity index (χ4n) is 2.65. The molecule has 25 heavy (non-hydrogen) atoms. The molecular weight excluding hydrogens is 336 g/mol. The second kappa shape index (κ2) is 5.34. The van der Waals surface area contributed by atoms with Crippen molar-refractivity contribution in [1.82, 2.24) is 0 Å². The van der Waals surface area contributed by atoms with Crippen LogP contribution in [0.25, 0.3) is 0 Å². The average Bonchev–Trinajstić information content (AvgIpc) is 2.54. The Morgan fingerprint density at radius 1 is 0.680 bits per heavy atom. The van der Waals surface area contributed by atoms with Gasteiger partial charge in [-0.05, 0) is 35.5 Å². The molecule has 2 aliphatic carbocycles. The SMILES string of the molecule is O=C(O)C1=C2C(=O)C=CC1=C1C=CC(=O)C(=C1C(=O)O)C(=O)OC2=O. The molecule has 9 nitrogen and oxygen atoms in total. The molecule has 1 heterocycles. The van der Waals surface area contributed by atoms with Gasteiger partial charge in [-0.3, -0.25) is 9.59 Å². The van der Waals surface area contributed by atoms with Gasteiger partial charge in [0.1, 0.15) is 11.1 Å². The van der Waals surface area contributed by atoms with E-state index >= 15 is 0 Å². The summed E-state index contributed by atoms with van der Waals surface area (Å²) in [5, 5.41) is 18.8. The van der Waals surface area contributed by atoms with E-state index in [-0.39, 0.29) is 11.1 Å². The molecule has 2 N–H and O–H groups in total. The first-order chi connectivity index (χ1) is 11.7. The minimum Gasteiger partial charge on any atom is -0.478 e. The van der Waals surface area contributed by atoms with Gasteiger partial charge < -0.3 is 14.9 Å². The van der Waals surface area contributed by atoms with Crippen LogP contribution in [0.4, 0.5) is 0 Å². The van der Waals surface area contributed by atoms with Crippen molar-refractivity contribution in [3.63, 3.8) is 0 Å². The third-order valence-corrected chi connectivity index (χ3v) is 3.65. The van der Waals surface area contributed by atoms with Gasteiger partial charge in [0.15, 0.2) is 11.6 Å². The molecule has 0 atom stereocenters. The molecule has 0 aromatic rings. The van der Waals surface area contributed by atoms with Gasteiger partial charge in [0.2, 0.25) is 0 Å². The first-order valence-corrected chi connectivity index (χ1v) is 6.65. The minimum atomic E-state index is -1.70. The summed E-state index contributed by atoms with van der Waals surface area (Å²) in [7, 11) is 0. The maximum absolute atomic E-state index is 12.1. The Kier molecular flexibility index (Phi) is 3.42. The van der Waals surface area contributed by atoms with E-state index in [1.807, 2.05) is 0 Å². The van der Waals surface area contributed by atoms with Crippen LogP contribution in [0.15, 0.2) is 57.7 Å². The Hall–Kier alpha value is -3.88. The molecule has 0 saturated heterocycles. The molecule has 9 heteroatoms. The van der Waals surface area contributed by atoms with Gasteiger partial charge in [0.05, 0.1) is 11.1 Å². The number of carbonyl (C=O) groups excluding carboxylic acids is 4. The zero-order valence-corrected chi connectivity index (χ0v) is 12.1.